The summed E-state index contributed by atoms with van der Waals surface area (Å²) in [5, 5.41) is 3.31. The van der Waals surface area contributed by atoms with Crippen molar-refractivity contribution in [1.29, 1.82) is 0 Å². The van der Waals surface area contributed by atoms with E-state index < -0.39 is 0 Å². The highest BCUT2D eigenvalue weighted by Crippen LogP contribution is 2.19. The van der Waals surface area contributed by atoms with Crippen LogP contribution in [0.25, 0.3) is 0 Å². The van der Waals surface area contributed by atoms with Crippen LogP contribution in [-0.4, -0.2) is 25.8 Å². The van der Waals surface area contributed by atoms with Gasteiger partial charge in [0.25, 0.3) is 0 Å². The van der Waals surface area contributed by atoms with Crippen LogP contribution in [0.5, 0.6) is 11.5 Å². The zero-order valence-corrected chi connectivity index (χ0v) is 11.5. The van der Waals surface area contributed by atoms with E-state index in [0.717, 1.165) is 23.6 Å². The summed E-state index contributed by atoms with van der Waals surface area (Å²) in [7, 11) is 0. The molecule has 0 radical (unpaired) electrons. The van der Waals surface area contributed by atoms with Gasteiger partial charge >= 0.3 is 0 Å². The Morgan fingerprint density at radius 3 is 2.56 bits per heavy atom. The van der Waals surface area contributed by atoms with E-state index in [2.05, 4.69) is 25.7 Å². The summed E-state index contributed by atoms with van der Waals surface area (Å²) in [4.78, 5) is 0. The molecule has 0 aliphatic carbocycles. The monoisotopic (exact) mass is 249 g/mol. The second-order valence-corrected chi connectivity index (χ2v) is 4.48. The molecule has 0 spiro atoms. The topological polar surface area (TPSA) is 30.5 Å². The van der Waals surface area contributed by atoms with E-state index in [-0.39, 0.29) is 0 Å². The summed E-state index contributed by atoms with van der Waals surface area (Å²) in [5.74, 6) is 1.65. The first-order valence-electron chi connectivity index (χ1n) is 6.37. The normalized spacial score (nSPS) is 10.4. The Balaban J connectivity index is 2.38. The quantitative estimate of drug-likeness (QED) is 0.718. The smallest absolute Gasteiger partial charge is 0.123 e. The van der Waals surface area contributed by atoms with Crippen molar-refractivity contribution in [2.75, 3.05) is 19.8 Å². The molecule has 0 bridgehead atoms. The fourth-order valence-corrected chi connectivity index (χ4v) is 1.41. The molecule has 0 aromatic heterocycles. The third kappa shape index (κ3) is 5.73. The molecule has 0 saturated carbocycles. The minimum absolute atomic E-state index is 0.461. The van der Waals surface area contributed by atoms with Crippen molar-refractivity contribution >= 4 is 0 Å². The van der Waals surface area contributed by atoms with E-state index in [0.29, 0.717) is 19.3 Å². The zero-order valence-electron chi connectivity index (χ0n) is 11.5. The van der Waals surface area contributed by atoms with E-state index in [1.54, 1.807) is 0 Å². The fraction of sp³-hybridized carbons (Fsp3) is 0.467. The van der Waals surface area contributed by atoms with Crippen LogP contribution in [-0.2, 0) is 0 Å². The Morgan fingerprint density at radius 1 is 1.28 bits per heavy atom. The molecule has 1 rings (SSSR count). The van der Waals surface area contributed by atoms with Gasteiger partial charge in [-0.05, 0) is 24.6 Å². The molecule has 0 heterocycles. The van der Waals surface area contributed by atoms with Gasteiger partial charge in [0.1, 0.15) is 18.1 Å². The first kappa shape index (κ1) is 14.6. The second-order valence-electron chi connectivity index (χ2n) is 4.48. The third-order valence-electron chi connectivity index (χ3n) is 2.32. The summed E-state index contributed by atoms with van der Waals surface area (Å²) >= 11 is 0. The number of ether oxygens (including phenoxy) is 2. The molecular formula is C15H23NO2. The molecule has 3 nitrogen and oxygen atoms in total. The van der Waals surface area contributed by atoms with Gasteiger partial charge in [-0.3, -0.25) is 0 Å². The Kier molecular flexibility index (Phi) is 6.29. The molecule has 3 heteroatoms. The lowest BCUT2D eigenvalue weighted by Crippen LogP contribution is -2.26. The second kappa shape index (κ2) is 7.77. The molecule has 1 N–H and O–H groups in total. The lowest BCUT2D eigenvalue weighted by atomic mass is 10.3. The van der Waals surface area contributed by atoms with Crippen LogP contribution in [0.2, 0.25) is 0 Å². The highest BCUT2D eigenvalue weighted by Gasteiger charge is 2.00. The summed E-state index contributed by atoms with van der Waals surface area (Å²) in [6.07, 6.45) is 0. The molecule has 100 valence electrons. The van der Waals surface area contributed by atoms with E-state index in [1.165, 1.54) is 0 Å². The maximum absolute atomic E-state index is 5.67. The SMILES string of the molecule is C=C(CNC(C)C)COc1cccc(OCC)c1. The van der Waals surface area contributed by atoms with Crippen LogP contribution >= 0.6 is 0 Å². The van der Waals surface area contributed by atoms with Gasteiger partial charge < -0.3 is 14.8 Å². The van der Waals surface area contributed by atoms with E-state index in [9.17, 15) is 0 Å². The molecule has 0 fully saturated rings. The van der Waals surface area contributed by atoms with Crippen LogP contribution in [0.1, 0.15) is 20.8 Å². The van der Waals surface area contributed by atoms with Gasteiger partial charge in [-0.1, -0.05) is 26.5 Å². The maximum atomic E-state index is 5.67. The van der Waals surface area contributed by atoms with Crippen molar-refractivity contribution in [1.82, 2.24) is 5.32 Å². The van der Waals surface area contributed by atoms with Crippen LogP contribution in [0, 0.1) is 0 Å². The van der Waals surface area contributed by atoms with Crippen LogP contribution in [0.4, 0.5) is 0 Å². The molecule has 0 unspecified atom stereocenters. The number of benzene rings is 1. The Morgan fingerprint density at radius 2 is 1.94 bits per heavy atom. The van der Waals surface area contributed by atoms with E-state index in [4.69, 9.17) is 9.47 Å². The predicted molar refractivity (Wildman–Crippen MR) is 75.4 cm³/mol. The third-order valence-corrected chi connectivity index (χ3v) is 2.32. The van der Waals surface area contributed by atoms with Gasteiger partial charge in [0.05, 0.1) is 6.61 Å². The molecule has 0 aliphatic heterocycles. The number of rotatable bonds is 8. The maximum Gasteiger partial charge on any atom is 0.123 e. The summed E-state index contributed by atoms with van der Waals surface area (Å²) in [6, 6.07) is 8.13. The van der Waals surface area contributed by atoms with Gasteiger partial charge in [-0.2, -0.15) is 0 Å². The summed E-state index contributed by atoms with van der Waals surface area (Å²) in [6.45, 7) is 12.1. The Hall–Kier alpha value is -1.48. The van der Waals surface area contributed by atoms with Gasteiger partial charge in [-0.15, -0.1) is 0 Å². The average Bonchev–Trinajstić information content (AvgIpc) is 2.35. The molecule has 0 saturated heterocycles. The van der Waals surface area contributed by atoms with Crippen LogP contribution in [0.3, 0.4) is 0 Å². The lowest BCUT2D eigenvalue weighted by molar-refractivity contribution is 0.326. The molecule has 18 heavy (non-hydrogen) atoms. The van der Waals surface area contributed by atoms with Gasteiger partial charge in [0.15, 0.2) is 0 Å². The summed E-state index contributed by atoms with van der Waals surface area (Å²) in [5.41, 5.74) is 1.03. The predicted octanol–water partition coefficient (Wildman–Crippen LogP) is 3.02. The zero-order chi connectivity index (χ0) is 13.4. The minimum Gasteiger partial charge on any atom is -0.494 e. The molecule has 0 atom stereocenters. The lowest BCUT2D eigenvalue weighted by Gasteiger charge is -2.12. The first-order valence-corrected chi connectivity index (χ1v) is 6.37. The standard InChI is InChI=1S/C15H23NO2/c1-5-17-14-7-6-8-15(9-14)18-11-13(4)10-16-12(2)3/h6-9,12,16H,4-5,10-11H2,1-3H3. The average molecular weight is 249 g/mol. The Labute approximate surface area is 110 Å². The van der Waals surface area contributed by atoms with Crippen molar-refractivity contribution in [2.45, 2.75) is 26.8 Å². The highest BCUT2D eigenvalue weighted by atomic mass is 16.5. The molecule has 0 aliphatic rings. The highest BCUT2D eigenvalue weighted by molar-refractivity contribution is 5.33. The molecule has 1 aromatic carbocycles. The fourth-order valence-electron chi connectivity index (χ4n) is 1.41. The van der Waals surface area contributed by atoms with Crippen molar-refractivity contribution < 1.29 is 9.47 Å². The first-order chi connectivity index (χ1) is 8.61. The van der Waals surface area contributed by atoms with Gasteiger partial charge in [0, 0.05) is 18.7 Å². The number of hydrogen-bond donors (Lipinski definition) is 1. The molecular weight excluding hydrogens is 226 g/mol. The molecule has 1 aromatic rings. The number of nitrogens with one attached hydrogen (secondary N) is 1. The van der Waals surface area contributed by atoms with Crippen LogP contribution < -0.4 is 14.8 Å². The van der Waals surface area contributed by atoms with Crippen molar-refractivity contribution in [2.24, 2.45) is 0 Å². The van der Waals surface area contributed by atoms with Crippen LogP contribution in [0.15, 0.2) is 36.4 Å². The van der Waals surface area contributed by atoms with Crippen molar-refractivity contribution in [3.63, 3.8) is 0 Å². The van der Waals surface area contributed by atoms with E-state index >= 15 is 0 Å². The summed E-state index contributed by atoms with van der Waals surface area (Å²) < 4.78 is 11.1. The Bertz CT molecular complexity index is 375. The largest absolute Gasteiger partial charge is 0.494 e. The van der Waals surface area contributed by atoms with Gasteiger partial charge in [-0.25, -0.2) is 0 Å². The van der Waals surface area contributed by atoms with Gasteiger partial charge in [0.2, 0.25) is 0 Å². The van der Waals surface area contributed by atoms with Crippen molar-refractivity contribution in [3.8, 4) is 11.5 Å². The molecule has 0 amide bonds. The number of hydrogen-bond acceptors (Lipinski definition) is 3. The van der Waals surface area contributed by atoms with E-state index in [1.807, 2.05) is 31.2 Å². The van der Waals surface area contributed by atoms with Crippen molar-refractivity contribution in [3.05, 3.63) is 36.4 Å². The minimum atomic E-state index is 0.461.